The number of likely N-dealkylation sites (N-methyl/N-ethyl adjacent to an activating group) is 1. The van der Waals surface area contributed by atoms with Crippen molar-refractivity contribution >= 4 is 17.5 Å². The fourth-order valence-electron chi connectivity index (χ4n) is 1.08. The molecule has 82 valence electrons. The largest absolute Gasteiger partial charge is 0.479 e. The third-order valence-electron chi connectivity index (χ3n) is 1.89. The van der Waals surface area contributed by atoms with Crippen molar-refractivity contribution in [1.29, 1.82) is 0 Å². The highest BCUT2D eigenvalue weighted by atomic mass is 35.5. The molecule has 0 spiro atoms. The Morgan fingerprint density at radius 3 is 2.87 bits per heavy atom. The lowest BCUT2D eigenvalue weighted by molar-refractivity contribution is -0.127. The molecule has 1 rings (SSSR count). The molecule has 1 heterocycles. The normalized spacial score (nSPS) is 11.9. The number of carbonyl (C=O) groups excluding carboxylic acids is 1. The molecule has 0 saturated carbocycles. The van der Waals surface area contributed by atoms with Gasteiger partial charge in [0.15, 0.2) is 6.10 Å². The molecule has 0 saturated heterocycles. The number of nitrogens with zero attached hydrogens (tertiary/aromatic N) is 1. The average molecular weight is 229 g/mol. The molecule has 1 atom stereocenters. The van der Waals surface area contributed by atoms with Crippen molar-refractivity contribution in [2.75, 3.05) is 7.05 Å². The van der Waals surface area contributed by atoms with Gasteiger partial charge in [-0.05, 0) is 18.6 Å². The van der Waals surface area contributed by atoms with Crippen LogP contribution >= 0.6 is 11.6 Å². The van der Waals surface area contributed by atoms with Crippen molar-refractivity contribution in [1.82, 2.24) is 10.3 Å². The predicted octanol–water partition coefficient (Wildman–Crippen LogP) is 1.64. The van der Waals surface area contributed by atoms with Gasteiger partial charge in [0.1, 0.15) is 10.9 Å². The Morgan fingerprint density at radius 1 is 1.67 bits per heavy atom. The number of nitrogens with one attached hydrogen (secondary N) is 1. The summed E-state index contributed by atoms with van der Waals surface area (Å²) < 4.78 is 5.44. The fourth-order valence-corrected chi connectivity index (χ4v) is 1.19. The number of hydrogen-bond acceptors (Lipinski definition) is 3. The summed E-state index contributed by atoms with van der Waals surface area (Å²) in [5, 5.41) is 2.94. The van der Waals surface area contributed by atoms with Crippen LogP contribution in [0.25, 0.3) is 0 Å². The first-order valence-electron chi connectivity index (χ1n) is 4.67. The number of pyridine rings is 1. The summed E-state index contributed by atoms with van der Waals surface area (Å²) in [6.45, 7) is 1.88. The summed E-state index contributed by atoms with van der Waals surface area (Å²) in [7, 11) is 1.58. The first-order chi connectivity index (χ1) is 7.17. The van der Waals surface area contributed by atoms with E-state index in [1.807, 2.05) is 6.92 Å². The van der Waals surface area contributed by atoms with Crippen molar-refractivity contribution in [3.05, 3.63) is 23.5 Å². The quantitative estimate of drug-likeness (QED) is 0.798. The highest BCUT2D eigenvalue weighted by molar-refractivity contribution is 6.29. The van der Waals surface area contributed by atoms with E-state index >= 15 is 0 Å². The monoisotopic (exact) mass is 228 g/mol. The van der Waals surface area contributed by atoms with Crippen molar-refractivity contribution in [3.63, 3.8) is 0 Å². The van der Waals surface area contributed by atoms with Crippen LogP contribution in [0.2, 0.25) is 5.15 Å². The van der Waals surface area contributed by atoms with Crippen molar-refractivity contribution in [3.8, 4) is 5.75 Å². The number of halogens is 1. The van der Waals surface area contributed by atoms with Crippen molar-refractivity contribution in [2.45, 2.75) is 19.4 Å². The molecule has 5 heteroatoms. The molecule has 0 fully saturated rings. The molecule has 0 aromatic carbocycles. The third kappa shape index (κ3) is 3.40. The van der Waals surface area contributed by atoms with E-state index in [9.17, 15) is 4.79 Å². The molecular weight excluding hydrogens is 216 g/mol. The number of ether oxygens (including phenoxy) is 1. The zero-order chi connectivity index (χ0) is 11.3. The summed E-state index contributed by atoms with van der Waals surface area (Å²) in [5.74, 6) is 0.391. The molecule has 1 amide bonds. The minimum atomic E-state index is -0.488. The highest BCUT2D eigenvalue weighted by Gasteiger charge is 2.16. The van der Waals surface area contributed by atoms with Crippen LogP contribution in [0.4, 0.5) is 0 Å². The van der Waals surface area contributed by atoms with E-state index in [2.05, 4.69) is 10.3 Å². The van der Waals surface area contributed by atoms with E-state index in [0.29, 0.717) is 17.3 Å². The number of rotatable bonds is 4. The summed E-state index contributed by atoms with van der Waals surface area (Å²) in [4.78, 5) is 15.2. The van der Waals surface area contributed by atoms with Gasteiger partial charge in [-0.15, -0.1) is 0 Å². The maximum absolute atomic E-state index is 11.3. The highest BCUT2D eigenvalue weighted by Crippen LogP contribution is 2.14. The summed E-state index contributed by atoms with van der Waals surface area (Å²) >= 11 is 5.63. The molecular formula is C10H13ClN2O2. The number of amides is 1. The Labute approximate surface area is 93.6 Å². The second-order valence-electron chi connectivity index (χ2n) is 2.95. The zero-order valence-electron chi connectivity index (χ0n) is 8.66. The van der Waals surface area contributed by atoms with Crippen LogP contribution in [0.5, 0.6) is 5.75 Å². The van der Waals surface area contributed by atoms with Gasteiger partial charge in [-0.3, -0.25) is 4.79 Å². The topological polar surface area (TPSA) is 51.2 Å². The van der Waals surface area contributed by atoms with Gasteiger partial charge in [-0.2, -0.15) is 0 Å². The Morgan fingerprint density at radius 2 is 2.40 bits per heavy atom. The molecule has 0 radical (unpaired) electrons. The van der Waals surface area contributed by atoms with E-state index in [1.54, 1.807) is 19.2 Å². The standard InChI is InChI=1S/C10H13ClN2O2/c1-3-8(10(14)12-2)15-7-4-5-9(11)13-6-7/h4-6,8H,3H2,1-2H3,(H,12,14). The second kappa shape index (κ2) is 5.56. The SMILES string of the molecule is CCC(Oc1ccc(Cl)nc1)C(=O)NC. The smallest absolute Gasteiger partial charge is 0.260 e. The van der Waals surface area contributed by atoms with Crippen LogP contribution in [0.3, 0.4) is 0 Å². The fraction of sp³-hybridized carbons (Fsp3) is 0.400. The summed E-state index contributed by atoms with van der Waals surface area (Å²) in [6, 6.07) is 3.30. The molecule has 0 bridgehead atoms. The first kappa shape index (κ1) is 11.8. The third-order valence-corrected chi connectivity index (χ3v) is 2.11. The van der Waals surface area contributed by atoms with Crippen molar-refractivity contribution in [2.24, 2.45) is 0 Å². The van der Waals surface area contributed by atoms with Crippen molar-refractivity contribution < 1.29 is 9.53 Å². The summed E-state index contributed by atoms with van der Waals surface area (Å²) in [6.07, 6.45) is 1.61. The average Bonchev–Trinajstić information content (AvgIpc) is 2.27. The molecule has 0 aliphatic carbocycles. The van der Waals surface area contributed by atoms with E-state index in [0.717, 1.165) is 0 Å². The van der Waals surface area contributed by atoms with Crippen LogP contribution in [0.15, 0.2) is 18.3 Å². The van der Waals surface area contributed by atoms with Gasteiger partial charge in [0.25, 0.3) is 5.91 Å². The van der Waals surface area contributed by atoms with E-state index in [4.69, 9.17) is 16.3 Å². The van der Waals surface area contributed by atoms with E-state index in [1.165, 1.54) is 6.20 Å². The molecule has 1 aromatic rings. The van der Waals surface area contributed by atoms with Crippen LogP contribution in [-0.4, -0.2) is 24.0 Å². The van der Waals surface area contributed by atoms with Crippen LogP contribution < -0.4 is 10.1 Å². The molecule has 15 heavy (non-hydrogen) atoms. The van der Waals surface area contributed by atoms with Gasteiger partial charge in [-0.1, -0.05) is 18.5 Å². The van der Waals surface area contributed by atoms with Gasteiger partial charge in [0, 0.05) is 7.05 Å². The van der Waals surface area contributed by atoms with Gasteiger partial charge >= 0.3 is 0 Å². The van der Waals surface area contributed by atoms with Crippen LogP contribution in [0.1, 0.15) is 13.3 Å². The zero-order valence-corrected chi connectivity index (χ0v) is 9.41. The Bertz CT molecular complexity index is 327. The molecule has 4 nitrogen and oxygen atoms in total. The minimum Gasteiger partial charge on any atom is -0.479 e. The van der Waals surface area contributed by atoms with Gasteiger partial charge in [0.05, 0.1) is 6.20 Å². The maximum atomic E-state index is 11.3. The van der Waals surface area contributed by atoms with Gasteiger partial charge < -0.3 is 10.1 Å². The number of carbonyl (C=O) groups is 1. The number of aromatic nitrogens is 1. The maximum Gasteiger partial charge on any atom is 0.260 e. The number of hydrogen-bond donors (Lipinski definition) is 1. The van der Waals surface area contributed by atoms with E-state index in [-0.39, 0.29) is 5.91 Å². The molecule has 1 unspecified atom stereocenters. The molecule has 1 N–H and O–H groups in total. The van der Waals surface area contributed by atoms with E-state index < -0.39 is 6.10 Å². The second-order valence-corrected chi connectivity index (χ2v) is 3.33. The lowest BCUT2D eigenvalue weighted by Crippen LogP contribution is -2.35. The van der Waals surface area contributed by atoms with Gasteiger partial charge in [0.2, 0.25) is 0 Å². The van der Waals surface area contributed by atoms with Crippen LogP contribution in [0, 0.1) is 0 Å². The Balaban J connectivity index is 2.66. The predicted molar refractivity (Wildman–Crippen MR) is 58.0 cm³/mol. The molecule has 0 aliphatic rings. The Hall–Kier alpha value is -1.29. The van der Waals surface area contributed by atoms with Crippen LogP contribution in [-0.2, 0) is 4.79 Å². The Kier molecular flexibility index (Phi) is 4.37. The molecule has 1 aromatic heterocycles. The first-order valence-corrected chi connectivity index (χ1v) is 5.05. The lowest BCUT2D eigenvalue weighted by atomic mass is 10.2. The minimum absolute atomic E-state index is 0.146. The van der Waals surface area contributed by atoms with Gasteiger partial charge in [-0.25, -0.2) is 4.98 Å². The molecule has 0 aliphatic heterocycles. The summed E-state index contributed by atoms with van der Waals surface area (Å²) in [5.41, 5.74) is 0. The lowest BCUT2D eigenvalue weighted by Gasteiger charge is -2.15.